The molecule has 0 aliphatic heterocycles. The van der Waals surface area contributed by atoms with E-state index in [1.54, 1.807) is 35.4 Å². The molecule has 152 valence electrons. The number of hydrogen-bond acceptors (Lipinski definition) is 5. The Labute approximate surface area is 174 Å². The molecule has 0 spiro atoms. The zero-order chi connectivity index (χ0) is 20.4. The molecule has 8 heteroatoms. The predicted molar refractivity (Wildman–Crippen MR) is 114 cm³/mol. The molecule has 0 atom stereocenters. The summed E-state index contributed by atoms with van der Waals surface area (Å²) >= 11 is 1.55. The monoisotopic (exact) mass is 429 g/mol. The molecular weight excluding hydrogens is 406 g/mol. The van der Waals surface area contributed by atoms with Gasteiger partial charge < -0.3 is 4.90 Å². The van der Waals surface area contributed by atoms with Gasteiger partial charge in [-0.25, -0.2) is 18.1 Å². The molecule has 1 aromatic heterocycles. The number of thiazole rings is 1. The number of nitrogens with zero attached hydrogens (tertiary/aromatic N) is 2. The van der Waals surface area contributed by atoms with Gasteiger partial charge in [0.2, 0.25) is 10.0 Å². The lowest BCUT2D eigenvalue weighted by Gasteiger charge is -2.17. The standard InChI is InChI=1S/C21H23N3O3S2/c1-24(14-20-22-18-11-4-5-12-19(18)28-20)21(25)15-7-6-10-17(13-15)29(26,27)23-16-8-2-3-9-16/h4-7,10-13,16,23H,2-3,8-9,14H2,1H3. The lowest BCUT2D eigenvalue weighted by atomic mass is 10.2. The summed E-state index contributed by atoms with van der Waals surface area (Å²) < 4.78 is 29.2. The zero-order valence-corrected chi connectivity index (χ0v) is 17.8. The van der Waals surface area contributed by atoms with E-state index in [0.717, 1.165) is 40.9 Å². The highest BCUT2D eigenvalue weighted by molar-refractivity contribution is 7.89. The van der Waals surface area contributed by atoms with E-state index in [1.807, 2.05) is 24.3 Å². The third-order valence-electron chi connectivity index (χ3n) is 5.13. The number of carbonyl (C=O) groups excluding carboxylic acids is 1. The average Bonchev–Trinajstić information content (AvgIpc) is 3.36. The molecule has 29 heavy (non-hydrogen) atoms. The third-order valence-corrected chi connectivity index (χ3v) is 7.66. The summed E-state index contributed by atoms with van der Waals surface area (Å²) in [6.45, 7) is 0.371. The largest absolute Gasteiger partial charge is 0.335 e. The number of rotatable bonds is 6. The van der Waals surface area contributed by atoms with Crippen molar-refractivity contribution in [2.45, 2.75) is 43.2 Å². The van der Waals surface area contributed by atoms with E-state index in [9.17, 15) is 13.2 Å². The molecule has 1 aliphatic rings. The van der Waals surface area contributed by atoms with Crippen LogP contribution >= 0.6 is 11.3 Å². The van der Waals surface area contributed by atoms with Crippen molar-refractivity contribution in [3.63, 3.8) is 0 Å². The van der Waals surface area contributed by atoms with Crippen LogP contribution in [-0.2, 0) is 16.6 Å². The average molecular weight is 430 g/mol. The minimum Gasteiger partial charge on any atom is -0.335 e. The van der Waals surface area contributed by atoms with E-state index in [2.05, 4.69) is 9.71 Å². The van der Waals surface area contributed by atoms with Gasteiger partial charge in [-0.2, -0.15) is 0 Å². The van der Waals surface area contributed by atoms with Crippen LogP contribution in [0.5, 0.6) is 0 Å². The van der Waals surface area contributed by atoms with Crippen molar-refractivity contribution in [3.8, 4) is 0 Å². The first-order valence-electron chi connectivity index (χ1n) is 9.65. The smallest absolute Gasteiger partial charge is 0.254 e. The fourth-order valence-electron chi connectivity index (χ4n) is 3.61. The number of fused-ring (bicyclic) bond motifs is 1. The molecule has 6 nitrogen and oxygen atoms in total. The van der Waals surface area contributed by atoms with Gasteiger partial charge in [-0.3, -0.25) is 4.79 Å². The topological polar surface area (TPSA) is 79.4 Å². The Morgan fingerprint density at radius 1 is 1.17 bits per heavy atom. The third kappa shape index (κ3) is 4.49. The Kier molecular flexibility index (Phi) is 5.67. The molecule has 1 aliphatic carbocycles. The van der Waals surface area contributed by atoms with Crippen molar-refractivity contribution >= 4 is 37.5 Å². The Hall–Kier alpha value is -2.29. The summed E-state index contributed by atoms with van der Waals surface area (Å²) in [6.07, 6.45) is 3.82. The highest BCUT2D eigenvalue weighted by Crippen LogP contribution is 2.24. The second-order valence-electron chi connectivity index (χ2n) is 7.37. The molecule has 1 fully saturated rings. The molecule has 0 unspecified atom stereocenters. The number of amides is 1. The summed E-state index contributed by atoms with van der Waals surface area (Å²) in [5.41, 5.74) is 1.27. The van der Waals surface area contributed by atoms with Crippen molar-refractivity contribution < 1.29 is 13.2 Å². The number of carbonyl (C=O) groups is 1. The number of benzene rings is 2. The predicted octanol–water partition coefficient (Wildman–Crippen LogP) is 3.79. The van der Waals surface area contributed by atoms with E-state index in [-0.39, 0.29) is 16.8 Å². The van der Waals surface area contributed by atoms with Crippen LogP contribution in [-0.4, -0.2) is 37.3 Å². The number of hydrogen-bond donors (Lipinski definition) is 1. The highest BCUT2D eigenvalue weighted by atomic mass is 32.2. The summed E-state index contributed by atoms with van der Waals surface area (Å²) in [5.74, 6) is -0.234. The quantitative estimate of drug-likeness (QED) is 0.647. The van der Waals surface area contributed by atoms with Gasteiger partial charge in [0, 0.05) is 18.7 Å². The van der Waals surface area contributed by atoms with Crippen LogP contribution in [0.2, 0.25) is 0 Å². The van der Waals surface area contributed by atoms with E-state index in [1.165, 1.54) is 12.1 Å². The first-order valence-corrected chi connectivity index (χ1v) is 11.9. The van der Waals surface area contributed by atoms with Gasteiger partial charge in [-0.1, -0.05) is 31.0 Å². The van der Waals surface area contributed by atoms with Crippen molar-refractivity contribution in [1.82, 2.24) is 14.6 Å². The van der Waals surface area contributed by atoms with E-state index in [4.69, 9.17) is 0 Å². The van der Waals surface area contributed by atoms with Gasteiger partial charge in [0.25, 0.3) is 5.91 Å². The summed E-state index contributed by atoms with van der Waals surface area (Å²) in [5, 5.41) is 0.841. The Morgan fingerprint density at radius 2 is 1.93 bits per heavy atom. The molecule has 1 heterocycles. The second kappa shape index (κ2) is 8.22. The molecule has 0 saturated heterocycles. The van der Waals surface area contributed by atoms with Crippen LogP contribution < -0.4 is 4.72 Å². The molecular formula is C21H23N3O3S2. The molecule has 1 saturated carbocycles. The second-order valence-corrected chi connectivity index (χ2v) is 10.2. The Morgan fingerprint density at radius 3 is 2.69 bits per heavy atom. The van der Waals surface area contributed by atoms with Crippen LogP contribution in [0.15, 0.2) is 53.4 Å². The van der Waals surface area contributed by atoms with Crippen molar-refractivity contribution in [2.24, 2.45) is 0 Å². The Balaban J connectivity index is 1.49. The summed E-state index contributed by atoms with van der Waals surface area (Å²) in [7, 11) is -1.93. The first kappa shape index (κ1) is 20.0. The van der Waals surface area contributed by atoms with Crippen molar-refractivity contribution in [2.75, 3.05) is 7.05 Å². The number of aromatic nitrogens is 1. The summed E-state index contributed by atoms with van der Waals surface area (Å²) in [4.78, 5) is 19.1. The van der Waals surface area contributed by atoms with Crippen LogP contribution in [0.3, 0.4) is 0 Å². The molecule has 1 N–H and O–H groups in total. The fraction of sp³-hybridized carbons (Fsp3) is 0.333. The maximum atomic E-state index is 12.9. The van der Waals surface area contributed by atoms with Gasteiger partial charge in [0.1, 0.15) is 5.01 Å². The molecule has 2 aromatic carbocycles. The molecule has 1 amide bonds. The van der Waals surface area contributed by atoms with Gasteiger partial charge in [0.05, 0.1) is 21.7 Å². The van der Waals surface area contributed by atoms with Crippen LogP contribution in [0.1, 0.15) is 41.0 Å². The Bertz CT molecular complexity index is 1100. The van der Waals surface area contributed by atoms with Gasteiger partial charge in [-0.05, 0) is 43.2 Å². The van der Waals surface area contributed by atoms with Crippen LogP contribution in [0, 0.1) is 0 Å². The van der Waals surface area contributed by atoms with E-state index in [0.29, 0.717) is 12.1 Å². The minimum atomic E-state index is -3.63. The number of nitrogens with one attached hydrogen (secondary N) is 1. The lowest BCUT2D eigenvalue weighted by Crippen LogP contribution is -2.33. The van der Waals surface area contributed by atoms with Gasteiger partial charge in [0.15, 0.2) is 0 Å². The maximum Gasteiger partial charge on any atom is 0.254 e. The van der Waals surface area contributed by atoms with Gasteiger partial charge in [-0.15, -0.1) is 11.3 Å². The normalized spacial score (nSPS) is 15.1. The van der Waals surface area contributed by atoms with Crippen LogP contribution in [0.25, 0.3) is 10.2 Å². The lowest BCUT2D eigenvalue weighted by molar-refractivity contribution is 0.0785. The van der Waals surface area contributed by atoms with E-state index >= 15 is 0 Å². The SMILES string of the molecule is CN(Cc1nc2ccccc2s1)C(=O)c1cccc(S(=O)(=O)NC2CCCC2)c1. The number of sulfonamides is 1. The van der Waals surface area contributed by atoms with Crippen molar-refractivity contribution in [3.05, 3.63) is 59.1 Å². The molecule has 3 aromatic rings. The minimum absolute atomic E-state index is 0.0129. The van der Waals surface area contributed by atoms with Gasteiger partial charge >= 0.3 is 0 Å². The van der Waals surface area contributed by atoms with Crippen molar-refractivity contribution in [1.29, 1.82) is 0 Å². The zero-order valence-electron chi connectivity index (χ0n) is 16.2. The maximum absolute atomic E-state index is 12.9. The number of para-hydroxylation sites is 1. The summed E-state index contributed by atoms with van der Waals surface area (Å²) in [6, 6.07) is 14.1. The molecule has 4 rings (SSSR count). The van der Waals surface area contributed by atoms with Crippen LogP contribution in [0.4, 0.5) is 0 Å². The molecule has 0 bridgehead atoms. The first-order chi connectivity index (χ1) is 13.9. The van der Waals surface area contributed by atoms with E-state index < -0.39 is 10.0 Å². The highest BCUT2D eigenvalue weighted by Gasteiger charge is 2.24. The molecule has 0 radical (unpaired) electrons. The fourth-order valence-corrected chi connectivity index (χ4v) is 5.98.